The van der Waals surface area contributed by atoms with Gasteiger partial charge in [-0.05, 0) is 48.5 Å². The minimum absolute atomic E-state index is 0.0381. The van der Waals surface area contributed by atoms with Crippen LogP contribution in [0.25, 0.3) is 0 Å². The van der Waals surface area contributed by atoms with Gasteiger partial charge in [0.25, 0.3) is 5.56 Å². The molecule has 7 nitrogen and oxygen atoms in total. The summed E-state index contributed by atoms with van der Waals surface area (Å²) in [5.41, 5.74) is 3.99. The number of carbonyl (C=O) groups excluding carboxylic acids is 1. The maximum atomic E-state index is 11.9. The number of nitrogens with zero attached hydrogens (tertiary/aromatic N) is 1. The molecule has 0 aliphatic carbocycles. The SMILES string of the molecule is CC/C(=N\NC(=O)Cc1cc(=O)[nH]c(=S)[nH]1)c1ccc(O)cc1. The third kappa shape index (κ3) is 4.89. The number of H-pyrrole nitrogens is 2. The summed E-state index contributed by atoms with van der Waals surface area (Å²) >= 11 is 4.85. The second-order valence-corrected chi connectivity index (χ2v) is 5.19. The van der Waals surface area contributed by atoms with Crippen molar-refractivity contribution in [3.05, 3.63) is 56.7 Å². The van der Waals surface area contributed by atoms with Crippen LogP contribution in [0.1, 0.15) is 24.6 Å². The number of hydrogen-bond acceptors (Lipinski definition) is 5. The molecule has 1 aromatic heterocycles. The molecule has 23 heavy (non-hydrogen) atoms. The Labute approximate surface area is 137 Å². The summed E-state index contributed by atoms with van der Waals surface area (Å²) in [6.45, 7) is 1.91. The van der Waals surface area contributed by atoms with Crippen LogP contribution in [0.2, 0.25) is 0 Å². The first-order valence-corrected chi connectivity index (χ1v) is 7.36. The van der Waals surface area contributed by atoms with Crippen LogP contribution in [0.4, 0.5) is 0 Å². The number of benzene rings is 1. The van der Waals surface area contributed by atoms with Gasteiger partial charge in [-0.2, -0.15) is 5.10 Å². The standard InChI is InChI=1S/C15H16N4O3S/c1-2-12(9-3-5-11(20)6-4-9)18-19-14(22)8-10-7-13(21)17-15(23)16-10/h3-7,20H,2,8H2,1H3,(H,19,22)(H2,16,17,21,23)/b18-12+. The fourth-order valence-corrected chi connectivity index (χ4v) is 2.19. The largest absolute Gasteiger partial charge is 0.508 e. The van der Waals surface area contributed by atoms with Crippen LogP contribution >= 0.6 is 12.2 Å². The minimum atomic E-state index is -0.369. The first kappa shape index (κ1) is 16.6. The highest BCUT2D eigenvalue weighted by atomic mass is 32.1. The molecule has 120 valence electrons. The van der Waals surface area contributed by atoms with Gasteiger partial charge in [-0.15, -0.1) is 0 Å². The van der Waals surface area contributed by atoms with Crippen molar-refractivity contribution in [2.24, 2.45) is 5.10 Å². The maximum absolute atomic E-state index is 11.9. The van der Waals surface area contributed by atoms with Crippen molar-refractivity contribution < 1.29 is 9.90 Å². The lowest BCUT2D eigenvalue weighted by molar-refractivity contribution is -0.120. The van der Waals surface area contributed by atoms with Gasteiger partial charge in [-0.3, -0.25) is 14.6 Å². The summed E-state index contributed by atoms with van der Waals surface area (Å²) in [5, 5.41) is 13.4. The van der Waals surface area contributed by atoms with Gasteiger partial charge in [0, 0.05) is 11.8 Å². The fourth-order valence-electron chi connectivity index (χ4n) is 1.96. The van der Waals surface area contributed by atoms with Gasteiger partial charge in [-0.1, -0.05) is 6.92 Å². The van der Waals surface area contributed by atoms with Gasteiger partial charge in [0.15, 0.2) is 4.77 Å². The van der Waals surface area contributed by atoms with Gasteiger partial charge < -0.3 is 10.1 Å². The van der Waals surface area contributed by atoms with E-state index in [0.29, 0.717) is 17.8 Å². The summed E-state index contributed by atoms with van der Waals surface area (Å²) < 4.78 is 0.169. The van der Waals surface area contributed by atoms with Crippen molar-refractivity contribution in [3.8, 4) is 5.75 Å². The van der Waals surface area contributed by atoms with E-state index in [2.05, 4.69) is 20.5 Å². The number of aromatic amines is 2. The number of rotatable bonds is 5. The van der Waals surface area contributed by atoms with Crippen LogP contribution in [0.3, 0.4) is 0 Å². The number of phenols is 1. The lowest BCUT2D eigenvalue weighted by atomic mass is 10.1. The van der Waals surface area contributed by atoms with Gasteiger partial charge in [-0.25, -0.2) is 5.43 Å². The van der Waals surface area contributed by atoms with E-state index in [4.69, 9.17) is 12.2 Å². The summed E-state index contributed by atoms with van der Waals surface area (Å²) in [7, 11) is 0. The highest BCUT2D eigenvalue weighted by Crippen LogP contribution is 2.11. The smallest absolute Gasteiger partial charge is 0.251 e. The van der Waals surface area contributed by atoms with E-state index >= 15 is 0 Å². The number of nitrogens with one attached hydrogen (secondary N) is 3. The number of aromatic hydroxyl groups is 1. The highest BCUT2D eigenvalue weighted by molar-refractivity contribution is 7.71. The number of hydrogen-bond donors (Lipinski definition) is 4. The predicted molar refractivity (Wildman–Crippen MR) is 89.0 cm³/mol. The molecule has 1 heterocycles. The molecule has 0 aliphatic heterocycles. The second kappa shape index (κ2) is 7.50. The van der Waals surface area contributed by atoms with Crippen LogP contribution in [0.5, 0.6) is 5.75 Å². The molecule has 0 aliphatic rings. The van der Waals surface area contributed by atoms with Crippen LogP contribution in [0.15, 0.2) is 40.2 Å². The van der Waals surface area contributed by atoms with Gasteiger partial charge in [0.2, 0.25) is 5.91 Å². The Morgan fingerprint density at radius 3 is 2.61 bits per heavy atom. The van der Waals surface area contributed by atoms with Crippen molar-refractivity contribution >= 4 is 23.8 Å². The van der Waals surface area contributed by atoms with E-state index in [0.717, 1.165) is 5.56 Å². The quantitative estimate of drug-likeness (QED) is 0.379. The number of carbonyl (C=O) groups is 1. The molecule has 8 heteroatoms. The normalized spacial score (nSPS) is 11.3. The van der Waals surface area contributed by atoms with E-state index in [1.165, 1.54) is 6.07 Å². The lowest BCUT2D eigenvalue weighted by Crippen LogP contribution is -2.23. The summed E-state index contributed by atoms with van der Waals surface area (Å²) in [4.78, 5) is 28.3. The van der Waals surface area contributed by atoms with E-state index in [-0.39, 0.29) is 28.4 Å². The number of aromatic nitrogens is 2. The molecule has 0 bridgehead atoms. The van der Waals surface area contributed by atoms with Crippen molar-refractivity contribution in [3.63, 3.8) is 0 Å². The molecule has 0 fully saturated rings. The van der Waals surface area contributed by atoms with Crippen molar-refractivity contribution in [2.75, 3.05) is 0 Å². The van der Waals surface area contributed by atoms with Gasteiger partial charge >= 0.3 is 0 Å². The Bertz CT molecular complexity index is 809. The molecule has 2 aromatic rings. The molecule has 0 unspecified atom stereocenters. The van der Waals surface area contributed by atoms with Crippen molar-refractivity contribution in [1.29, 1.82) is 0 Å². The van der Waals surface area contributed by atoms with Crippen LogP contribution in [0, 0.1) is 4.77 Å². The Morgan fingerprint density at radius 1 is 1.30 bits per heavy atom. The van der Waals surface area contributed by atoms with E-state index in [1.54, 1.807) is 24.3 Å². The van der Waals surface area contributed by atoms with Crippen LogP contribution < -0.4 is 11.0 Å². The first-order chi connectivity index (χ1) is 11.0. The number of amides is 1. The average molecular weight is 332 g/mol. The maximum Gasteiger partial charge on any atom is 0.251 e. The molecule has 1 aromatic carbocycles. The molecule has 0 saturated carbocycles. The van der Waals surface area contributed by atoms with E-state index < -0.39 is 0 Å². The molecule has 1 amide bonds. The summed E-state index contributed by atoms with van der Waals surface area (Å²) in [6, 6.07) is 7.83. The van der Waals surface area contributed by atoms with Crippen molar-refractivity contribution in [2.45, 2.75) is 19.8 Å². The van der Waals surface area contributed by atoms with Crippen LogP contribution in [-0.4, -0.2) is 26.7 Å². The summed E-state index contributed by atoms with van der Waals surface area (Å²) in [6.07, 6.45) is 0.572. The van der Waals surface area contributed by atoms with E-state index in [1.807, 2.05) is 6.92 Å². The molecule has 0 atom stereocenters. The lowest BCUT2D eigenvalue weighted by Gasteiger charge is -2.05. The molecule has 0 radical (unpaired) electrons. The molecule has 2 rings (SSSR count). The zero-order valence-corrected chi connectivity index (χ0v) is 13.2. The molecule has 0 saturated heterocycles. The van der Waals surface area contributed by atoms with E-state index in [9.17, 15) is 14.7 Å². The average Bonchev–Trinajstić information content (AvgIpc) is 2.48. The third-order valence-electron chi connectivity index (χ3n) is 3.02. The molecular formula is C15H16N4O3S. The van der Waals surface area contributed by atoms with Gasteiger partial charge in [0.1, 0.15) is 5.75 Å². The summed E-state index contributed by atoms with van der Waals surface area (Å²) in [5.74, 6) is -0.205. The van der Waals surface area contributed by atoms with Crippen molar-refractivity contribution in [1.82, 2.24) is 15.4 Å². The Hall–Kier alpha value is -2.74. The Kier molecular flexibility index (Phi) is 5.42. The highest BCUT2D eigenvalue weighted by Gasteiger charge is 2.06. The fraction of sp³-hybridized carbons (Fsp3) is 0.200. The zero-order valence-electron chi connectivity index (χ0n) is 12.4. The zero-order chi connectivity index (χ0) is 16.8. The van der Waals surface area contributed by atoms with Crippen LogP contribution in [-0.2, 0) is 11.2 Å². The molecule has 0 spiro atoms. The Morgan fingerprint density at radius 2 is 2.00 bits per heavy atom. The topological polar surface area (TPSA) is 110 Å². The molecular weight excluding hydrogens is 316 g/mol. The third-order valence-corrected chi connectivity index (χ3v) is 3.22. The second-order valence-electron chi connectivity index (χ2n) is 4.78. The predicted octanol–water partition coefficient (Wildman–Crippen LogP) is 1.61. The number of phenolic OH excluding ortho intramolecular Hbond substituents is 1. The Balaban J connectivity index is 2.07. The molecule has 4 N–H and O–H groups in total. The monoisotopic (exact) mass is 332 g/mol. The minimum Gasteiger partial charge on any atom is -0.508 e. The van der Waals surface area contributed by atoms with Gasteiger partial charge in [0.05, 0.1) is 12.1 Å². The number of hydrazone groups is 1. The first-order valence-electron chi connectivity index (χ1n) is 6.95.